The van der Waals surface area contributed by atoms with Gasteiger partial charge < -0.3 is 24.3 Å². The average Bonchev–Trinajstić information content (AvgIpc) is 2.69. The molecular formula is C19H19ClF3NO6. The standard InChI is InChI=1S/C19H19ClF3NO6/c1-10-15(29-17(25)27-3)14(12-6-4-5-7-13(12)19(21,22)23)16(11(2)24-10)30-18(26)28-9-8-20/h4-7,14,24H,8-9H2,1-3H3. The summed E-state index contributed by atoms with van der Waals surface area (Å²) in [5, 5.41) is 2.81. The summed E-state index contributed by atoms with van der Waals surface area (Å²) in [5.41, 5.74) is -0.807. The quantitative estimate of drug-likeness (QED) is 0.498. The third kappa shape index (κ3) is 5.38. The third-order valence-electron chi connectivity index (χ3n) is 4.07. The molecule has 0 radical (unpaired) electrons. The Balaban J connectivity index is 2.62. The van der Waals surface area contributed by atoms with Crippen molar-refractivity contribution in [2.24, 2.45) is 0 Å². The van der Waals surface area contributed by atoms with E-state index in [4.69, 9.17) is 25.8 Å². The number of hydrogen-bond donors (Lipinski definition) is 1. The second kappa shape index (κ2) is 9.75. The lowest BCUT2D eigenvalue weighted by Gasteiger charge is -2.31. The summed E-state index contributed by atoms with van der Waals surface area (Å²) in [4.78, 5) is 23.7. The summed E-state index contributed by atoms with van der Waals surface area (Å²) < 4.78 is 60.6. The van der Waals surface area contributed by atoms with E-state index in [0.717, 1.165) is 13.2 Å². The number of carbonyl (C=O) groups excluding carboxylic acids is 2. The molecular weight excluding hydrogens is 431 g/mol. The Bertz CT molecular complexity index is 881. The van der Waals surface area contributed by atoms with Crippen LogP contribution in [-0.4, -0.2) is 31.9 Å². The number of nitrogens with one attached hydrogen (secondary N) is 1. The van der Waals surface area contributed by atoms with E-state index in [2.05, 4.69) is 10.1 Å². The Hall–Kier alpha value is -2.88. The highest BCUT2D eigenvalue weighted by molar-refractivity contribution is 6.18. The maximum atomic E-state index is 13.7. The van der Waals surface area contributed by atoms with Gasteiger partial charge in [-0.2, -0.15) is 13.2 Å². The molecule has 0 spiro atoms. The lowest BCUT2D eigenvalue weighted by atomic mass is 9.87. The Kier molecular flexibility index (Phi) is 7.60. The fourth-order valence-corrected chi connectivity index (χ4v) is 2.97. The molecule has 0 saturated carbocycles. The van der Waals surface area contributed by atoms with Crippen LogP contribution >= 0.6 is 11.6 Å². The number of dihydropyridines is 1. The molecule has 1 aromatic rings. The summed E-state index contributed by atoms with van der Waals surface area (Å²) in [6.45, 7) is 2.82. The molecule has 1 unspecified atom stereocenters. The Morgan fingerprint density at radius 3 is 2.17 bits per heavy atom. The van der Waals surface area contributed by atoms with Crippen molar-refractivity contribution in [3.63, 3.8) is 0 Å². The van der Waals surface area contributed by atoms with E-state index in [1.807, 2.05) is 0 Å². The average molecular weight is 450 g/mol. The van der Waals surface area contributed by atoms with E-state index in [0.29, 0.717) is 0 Å². The van der Waals surface area contributed by atoms with Gasteiger partial charge in [0.2, 0.25) is 0 Å². The van der Waals surface area contributed by atoms with Gasteiger partial charge in [-0.05, 0) is 25.5 Å². The predicted octanol–water partition coefficient (Wildman–Crippen LogP) is 5.03. The Labute approximate surface area is 175 Å². The van der Waals surface area contributed by atoms with Gasteiger partial charge in [0.1, 0.15) is 24.0 Å². The van der Waals surface area contributed by atoms with Crippen LogP contribution in [0.1, 0.15) is 30.9 Å². The second-order valence-electron chi connectivity index (χ2n) is 6.07. The van der Waals surface area contributed by atoms with Gasteiger partial charge in [-0.1, -0.05) is 18.2 Å². The van der Waals surface area contributed by atoms with E-state index in [-0.39, 0.29) is 41.0 Å². The van der Waals surface area contributed by atoms with Gasteiger partial charge in [0.05, 0.1) is 29.9 Å². The van der Waals surface area contributed by atoms with E-state index in [9.17, 15) is 22.8 Å². The summed E-state index contributed by atoms with van der Waals surface area (Å²) in [6, 6.07) is 4.68. The maximum Gasteiger partial charge on any atom is 0.513 e. The lowest BCUT2D eigenvalue weighted by molar-refractivity contribution is -0.138. The molecule has 0 fully saturated rings. The molecule has 0 bridgehead atoms. The minimum absolute atomic E-state index is 0.00142. The molecule has 1 aliphatic rings. The number of carbonyl (C=O) groups is 2. The number of benzene rings is 1. The number of rotatable bonds is 5. The van der Waals surface area contributed by atoms with Crippen LogP contribution in [0, 0.1) is 0 Å². The Morgan fingerprint density at radius 1 is 1.07 bits per heavy atom. The number of alkyl halides is 4. The molecule has 1 aromatic carbocycles. The predicted molar refractivity (Wildman–Crippen MR) is 99.4 cm³/mol. The van der Waals surface area contributed by atoms with Gasteiger partial charge in [-0.3, -0.25) is 0 Å². The van der Waals surface area contributed by atoms with Gasteiger partial charge in [-0.25, -0.2) is 9.59 Å². The van der Waals surface area contributed by atoms with E-state index >= 15 is 0 Å². The molecule has 0 amide bonds. The summed E-state index contributed by atoms with van der Waals surface area (Å²) in [6.07, 6.45) is -7.04. The first kappa shape index (κ1) is 23.4. The molecule has 2 rings (SSSR count). The first-order chi connectivity index (χ1) is 14.1. The molecule has 0 aliphatic carbocycles. The van der Waals surface area contributed by atoms with Crippen molar-refractivity contribution in [2.75, 3.05) is 19.6 Å². The number of methoxy groups -OCH3 is 1. The highest BCUT2D eigenvalue weighted by atomic mass is 35.5. The number of ether oxygens (including phenoxy) is 4. The van der Waals surface area contributed by atoms with Crippen molar-refractivity contribution in [1.82, 2.24) is 5.32 Å². The fraction of sp³-hybridized carbons (Fsp3) is 0.368. The van der Waals surface area contributed by atoms with Gasteiger partial charge in [0.25, 0.3) is 0 Å². The van der Waals surface area contributed by atoms with Crippen LogP contribution in [-0.2, 0) is 25.1 Å². The number of halogens is 4. The van der Waals surface area contributed by atoms with Crippen LogP contribution in [0.5, 0.6) is 0 Å². The minimum Gasteiger partial charge on any atom is -0.437 e. The number of hydrogen-bond acceptors (Lipinski definition) is 7. The summed E-state index contributed by atoms with van der Waals surface area (Å²) in [7, 11) is 1.05. The SMILES string of the molecule is COC(=O)OC1=C(C)NC(C)=C(OC(=O)OCCCl)C1c1ccccc1C(F)(F)F. The van der Waals surface area contributed by atoms with Crippen molar-refractivity contribution in [1.29, 1.82) is 0 Å². The maximum absolute atomic E-state index is 13.7. The molecule has 7 nitrogen and oxygen atoms in total. The molecule has 30 heavy (non-hydrogen) atoms. The topological polar surface area (TPSA) is 83.1 Å². The van der Waals surface area contributed by atoms with Crippen LogP contribution in [0.3, 0.4) is 0 Å². The molecule has 164 valence electrons. The van der Waals surface area contributed by atoms with Crippen LogP contribution in [0.15, 0.2) is 47.2 Å². The fourth-order valence-electron chi connectivity index (χ4n) is 2.89. The molecule has 11 heteroatoms. The van der Waals surface area contributed by atoms with Crippen molar-refractivity contribution >= 4 is 23.9 Å². The van der Waals surface area contributed by atoms with Gasteiger partial charge in [-0.15, -0.1) is 11.6 Å². The first-order valence-electron chi connectivity index (χ1n) is 8.61. The molecule has 0 aromatic heterocycles. The largest absolute Gasteiger partial charge is 0.513 e. The lowest BCUT2D eigenvalue weighted by Crippen LogP contribution is -2.30. The zero-order chi connectivity index (χ0) is 22.5. The van der Waals surface area contributed by atoms with Crippen LogP contribution in [0.4, 0.5) is 22.8 Å². The van der Waals surface area contributed by atoms with E-state index < -0.39 is 30.0 Å². The highest BCUT2D eigenvalue weighted by Gasteiger charge is 2.41. The van der Waals surface area contributed by atoms with Crippen molar-refractivity contribution in [3.05, 3.63) is 58.3 Å². The summed E-state index contributed by atoms with van der Waals surface area (Å²) in [5.74, 6) is -1.83. The zero-order valence-electron chi connectivity index (χ0n) is 16.3. The van der Waals surface area contributed by atoms with Crippen LogP contribution < -0.4 is 5.32 Å². The van der Waals surface area contributed by atoms with Crippen molar-refractivity contribution < 1.29 is 41.7 Å². The summed E-state index contributed by atoms with van der Waals surface area (Å²) >= 11 is 5.47. The van der Waals surface area contributed by atoms with Gasteiger partial charge >= 0.3 is 18.5 Å². The van der Waals surface area contributed by atoms with Crippen molar-refractivity contribution in [3.8, 4) is 0 Å². The molecule has 1 heterocycles. The van der Waals surface area contributed by atoms with Crippen molar-refractivity contribution in [2.45, 2.75) is 25.9 Å². The van der Waals surface area contributed by atoms with Gasteiger partial charge in [0, 0.05) is 0 Å². The second-order valence-corrected chi connectivity index (χ2v) is 6.45. The third-order valence-corrected chi connectivity index (χ3v) is 4.22. The zero-order valence-corrected chi connectivity index (χ0v) is 17.0. The normalized spacial score (nSPS) is 16.7. The number of allylic oxidation sites excluding steroid dienone is 2. The Morgan fingerprint density at radius 2 is 1.63 bits per heavy atom. The van der Waals surface area contributed by atoms with E-state index in [1.54, 1.807) is 0 Å². The monoisotopic (exact) mass is 449 g/mol. The molecule has 1 atom stereocenters. The van der Waals surface area contributed by atoms with Crippen LogP contribution in [0.25, 0.3) is 0 Å². The van der Waals surface area contributed by atoms with Gasteiger partial charge in [0.15, 0.2) is 0 Å². The smallest absolute Gasteiger partial charge is 0.437 e. The van der Waals surface area contributed by atoms with E-state index in [1.165, 1.54) is 32.0 Å². The first-order valence-corrected chi connectivity index (χ1v) is 9.14. The minimum atomic E-state index is -4.72. The van der Waals surface area contributed by atoms with Crippen LogP contribution in [0.2, 0.25) is 0 Å². The highest BCUT2D eigenvalue weighted by Crippen LogP contribution is 2.44. The molecule has 1 N–H and O–H groups in total. The molecule has 0 saturated heterocycles. The molecule has 1 aliphatic heterocycles.